The molecule has 0 heterocycles. The van der Waals surface area contributed by atoms with E-state index in [0.29, 0.717) is 0 Å². The standard InChI is InChI=1S/CH2O3.La.3H2O/c2-1(3)4;;;;/h(H2,2,3,4);;3*1H2. The van der Waals surface area contributed by atoms with Crippen molar-refractivity contribution in [3.8, 4) is 0 Å². The SMILES string of the molecule is O.O.O.O=C(O)O.[La]. The number of rotatable bonds is 0. The van der Waals surface area contributed by atoms with Crippen LogP contribution in [0.25, 0.3) is 0 Å². The van der Waals surface area contributed by atoms with Crippen LogP contribution in [0.4, 0.5) is 4.79 Å². The van der Waals surface area contributed by atoms with Crippen molar-refractivity contribution in [3.05, 3.63) is 0 Å². The van der Waals surface area contributed by atoms with Gasteiger partial charge in [0.2, 0.25) is 0 Å². The normalized spacial score (nSPS) is 3.00. The van der Waals surface area contributed by atoms with Crippen molar-refractivity contribution in [1.29, 1.82) is 0 Å². The Morgan fingerprint density at radius 3 is 1.00 bits per heavy atom. The van der Waals surface area contributed by atoms with Gasteiger partial charge in [-0.1, -0.05) is 0 Å². The zero-order valence-corrected chi connectivity index (χ0v) is 7.51. The summed E-state index contributed by atoms with van der Waals surface area (Å²) in [5.41, 5.74) is 0. The van der Waals surface area contributed by atoms with Crippen molar-refractivity contribution in [1.82, 2.24) is 0 Å². The van der Waals surface area contributed by atoms with Crippen LogP contribution in [0.2, 0.25) is 0 Å². The second-order valence-corrected chi connectivity index (χ2v) is 0.283. The van der Waals surface area contributed by atoms with E-state index >= 15 is 0 Å². The van der Waals surface area contributed by atoms with Crippen LogP contribution in [0.15, 0.2) is 0 Å². The molecule has 0 aromatic carbocycles. The van der Waals surface area contributed by atoms with Gasteiger partial charge in [0.1, 0.15) is 0 Å². The summed E-state index contributed by atoms with van der Waals surface area (Å²) >= 11 is 0. The Kier molecular flexibility index (Phi) is 133. The van der Waals surface area contributed by atoms with Crippen molar-refractivity contribution in [2.45, 2.75) is 0 Å². The van der Waals surface area contributed by atoms with E-state index in [1.807, 2.05) is 0 Å². The summed E-state index contributed by atoms with van der Waals surface area (Å²) in [7, 11) is 0. The molecule has 0 amide bonds. The van der Waals surface area contributed by atoms with Crippen molar-refractivity contribution in [2.24, 2.45) is 0 Å². The van der Waals surface area contributed by atoms with Gasteiger partial charge >= 0.3 is 6.16 Å². The third-order valence-electron chi connectivity index (χ3n) is 0. The van der Waals surface area contributed by atoms with Crippen molar-refractivity contribution >= 4 is 6.16 Å². The molecule has 8 heavy (non-hydrogen) atoms. The molecular weight excluding hydrogens is 247 g/mol. The number of hydrogen-bond donors (Lipinski definition) is 2. The summed E-state index contributed by atoms with van der Waals surface area (Å²) in [6, 6.07) is 0. The first-order chi connectivity index (χ1) is 1.73. The van der Waals surface area contributed by atoms with Crippen LogP contribution in [0.1, 0.15) is 0 Å². The zero-order chi connectivity index (χ0) is 3.58. The van der Waals surface area contributed by atoms with Crippen LogP contribution in [0.5, 0.6) is 0 Å². The number of carbonyl (C=O) groups is 1. The fourth-order valence-corrected chi connectivity index (χ4v) is 0. The molecule has 0 aromatic rings. The molecule has 0 fully saturated rings. The maximum absolute atomic E-state index is 8.56. The molecular formula is CH8LaO6. The van der Waals surface area contributed by atoms with Crippen LogP contribution in [0.3, 0.4) is 0 Å². The second kappa shape index (κ2) is 26.4. The van der Waals surface area contributed by atoms with Gasteiger partial charge in [-0.15, -0.1) is 0 Å². The van der Waals surface area contributed by atoms with Gasteiger partial charge in [-0.2, -0.15) is 0 Å². The van der Waals surface area contributed by atoms with Gasteiger partial charge in [0.05, 0.1) is 0 Å². The molecule has 0 atom stereocenters. The Morgan fingerprint density at radius 2 is 1.00 bits per heavy atom. The second-order valence-electron chi connectivity index (χ2n) is 0.283. The first kappa shape index (κ1) is 40.2. The van der Waals surface area contributed by atoms with Gasteiger partial charge in [-0.3, -0.25) is 0 Å². The molecule has 7 heteroatoms. The molecule has 1 radical (unpaired) electrons. The quantitative estimate of drug-likeness (QED) is 0.502. The summed E-state index contributed by atoms with van der Waals surface area (Å²) < 4.78 is 0. The minimum atomic E-state index is -1.83. The van der Waals surface area contributed by atoms with Crippen LogP contribution in [-0.2, 0) is 0 Å². The maximum atomic E-state index is 8.56. The van der Waals surface area contributed by atoms with E-state index in [0.717, 1.165) is 0 Å². The van der Waals surface area contributed by atoms with E-state index in [-0.39, 0.29) is 52.0 Å². The molecule has 0 saturated heterocycles. The molecule has 6 nitrogen and oxygen atoms in total. The smallest absolute Gasteiger partial charge is 0.450 e. The van der Waals surface area contributed by atoms with Gasteiger partial charge in [0, 0.05) is 35.6 Å². The summed E-state index contributed by atoms with van der Waals surface area (Å²) in [6.07, 6.45) is -1.83. The molecule has 0 aliphatic heterocycles. The summed E-state index contributed by atoms with van der Waals surface area (Å²) in [5, 5.41) is 13.9. The van der Waals surface area contributed by atoms with Crippen LogP contribution in [-0.4, -0.2) is 32.8 Å². The molecule has 0 rings (SSSR count). The summed E-state index contributed by atoms with van der Waals surface area (Å²) in [5.74, 6) is 0. The Balaban J connectivity index is -0.00000000750. The van der Waals surface area contributed by atoms with E-state index in [1.54, 1.807) is 0 Å². The fourth-order valence-electron chi connectivity index (χ4n) is 0. The minimum Gasteiger partial charge on any atom is -0.450 e. The van der Waals surface area contributed by atoms with Crippen LogP contribution >= 0.6 is 0 Å². The Bertz CT molecular complexity index is 31.5. The van der Waals surface area contributed by atoms with Crippen LogP contribution < -0.4 is 0 Å². The van der Waals surface area contributed by atoms with Gasteiger partial charge in [0.15, 0.2) is 0 Å². The summed E-state index contributed by atoms with van der Waals surface area (Å²) in [4.78, 5) is 8.56. The van der Waals surface area contributed by atoms with Crippen molar-refractivity contribution < 1.29 is 67.0 Å². The first-order valence-electron chi connectivity index (χ1n) is 0.651. The Hall–Kier alpha value is 0.345. The average Bonchev–Trinajstić information content (AvgIpc) is 0.811. The summed E-state index contributed by atoms with van der Waals surface area (Å²) in [6.45, 7) is 0. The van der Waals surface area contributed by atoms with E-state index in [1.165, 1.54) is 0 Å². The maximum Gasteiger partial charge on any atom is 0.503 e. The third-order valence-corrected chi connectivity index (χ3v) is 0. The topological polar surface area (TPSA) is 152 Å². The van der Waals surface area contributed by atoms with Gasteiger partial charge < -0.3 is 26.6 Å². The first-order valence-corrected chi connectivity index (χ1v) is 0.651. The average molecular weight is 255 g/mol. The zero-order valence-electron chi connectivity index (χ0n) is 3.88. The predicted octanol–water partition coefficient (Wildman–Crippen LogP) is -2.25. The molecule has 0 unspecified atom stereocenters. The number of hydrogen-bond acceptors (Lipinski definition) is 1. The molecule has 0 aliphatic rings. The van der Waals surface area contributed by atoms with Gasteiger partial charge in [-0.25, -0.2) is 4.79 Å². The molecule has 0 spiro atoms. The van der Waals surface area contributed by atoms with Gasteiger partial charge in [0.25, 0.3) is 0 Å². The van der Waals surface area contributed by atoms with E-state index in [2.05, 4.69) is 0 Å². The molecule has 0 bridgehead atoms. The van der Waals surface area contributed by atoms with Crippen molar-refractivity contribution in [3.63, 3.8) is 0 Å². The Labute approximate surface area is 73.0 Å². The predicted molar refractivity (Wildman–Crippen MR) is 21.5 cm³/mol. The molecule has 0 aromatic heterocycles. The van der Waals surface area contributed by atoms with E-state index in [4.69, 9.17) is 15.0 Å². The Morgan fingerprint density at radius 1 is 1.00 bits per heavy atom. The third kappa shape index (κ3) is 1520. The van der Waals surface area contributed by atoms with E-state index < -0.39 is 6.16 Å². The van der Waals surface area contributed by atoms with Crippen LogP contribution in [0, 0.1) is 35.6 Å². The fraction of sp³-hybridized carbons (Fsp3) is 0. The monoisotopic (exact) mass is 255 g/mol. The molecule has 8 N–H and O–H groups in total. The molecule has 51 valence electrons. The van der Waals surface area contributed by atoms with Gasteiger partial charge in [-0.05, 0) is 0 Å². The van der Waals surface area contributed by atoms with Crippen molar-refractivity contribution in [2.75, 3.05) is 0 Å². The molecule has 0 aliphatic carbocycles. The minimum absolute atomic E-state index is 0. The van der Waals surface area contributed by atoms with E-state index in [9.17, 15) is 0 Å². The number of carboxylic acid groups (broad SMARTS) is 2. The largest absolute Gasteiger partial charge is 0.503 e. The molecule has 0 saturated carbocycles.